The molecule has 0 aliphatic heterocycles. The lowest BCUT2D eigenvalue weighted by Crippen LogP contribution is -2.40. The summed E-state index contributed by atoms with van der Waals surface area (Å²) in [6.45, 7) is 2.09. The lowest BCUT2D eigenvalue weighted by molar-refractivity contribution is 0.607. The number of nitrogens with one attached hydrogen (secondary N) is 2. The Balaban J connectivity index is 0.00000256. The molecular formula is C22H26FIN6. The van der Waals surface area contributed by atoms with Gasteiger partial charge in [0.05, 0.1) is 6.54 Å². The first-order chi connectivity index (χ1) is 14.2. The van der Waals surface area contributed by atoms with E-state index in [0.29, 0.717) is 13.1 Å². The summed E-state index contributed by atoms with van der Waals surface area (Å²) in [4.78, 5) is 8.30. The van der Waals surface area contributed by atoms with Crippen molar-refractivity contribution in [3.05, 3.63) is 83.7 Å². The average molecular weight is 520 g/mol. The highest BCUT2D eigenvalue weighted by Crippen LogP contribution is 2.47. The molecule has 2 aromatic carbocycles. The molecule has 0 atom stereocenters. The Kier molecular flexibility index (Phi) is 7.41. The lowest BCUT2D eigenvalue weighted by atomic mass is 9.96. The Morgan fingerprint density at radius 3 is 2.63 bits per heavy atom. The molecule has 2 N–H and O–H groups in total. The molecule has 1 fully saturated rings. The minimum absolute atomic E-state index is 0. The molecule has 0 spiro atoms. The first-order valence-electron chi connectivity index (χ1n) is 9.78. The maximum Gasteiger partial charge on any atom is 0.191 e. The van der Waals surface area contributed by atoms with Gasteiger partial charge >= 0.3 is 0 Å². The van der Waals surface area contributed by atoms with Crippen LogP contribution in [0.25, 0.3) is 0 Å². The number of benzene rings is 2. The highest BCUT2D eigenvalue weighted by molar-refractivity contribution is 14.0. The van der Waals surface area contributed by atoms with Gasteiger partial charge in [-0.25, -0.2) is 14.1 Å². The summed E-state index contributed by atoms with van der Waals surface area (Å²) in [5.41, 5.74) is 3.40. The predicted octanol–water partition coefficient (Wildman–Crippen LogP) is 3.48. The Morgan fingerprint density at radius 2 is 1.93 bits per heavy atom. The van der Waals surface area contributed by atoms with Gasteiger partial charge in [0, 0.05) is 25.6 Å². The molecule has 4 rings (SSSR count). The van der Waals surface area contributed by atoms with Gasteiger partial charge < -0.3 is 10.6 Å². The monoisotopic (exact) mass is 520 g/mol. The fourth-order valence-corrected chi connectivity index (χ4v) is 3.54. The van der Waals surface area contributed by atoms with E-state index in [9.17, 15) is 4.39 Å². The zero-order valence-corrected chi connectivity index (χ0v) is 19.2. The summed E-state index contributed by atoms with van der Waals surface area (Å²) in [7, 11) is 1.76. The van der Waals surface area contributed by atoms with Crippen molar-refractivity contribution in [3.63, 3.8) is 0 Å². The van der Waals surface area contributed by atoms with Gasteiger partial charge in [0.25, 0.3) is 0 Å². The molecule has 3 aromatic rings. The average Bonchev–Trinajstić information content (AvgIpc) is 3.36. The highest BCUT2D eigenvalue weighted by atomic mass is 127. The van der Waals surface area contributed by atoms with Crippen LogP contribution in [0.15, 0.2) is 66.2 Å². The molecular weight excluding hydrogens is 494 g/mol. The second-order valence-electron chi connectivity index (χ2n) is 7.48. The molecule has 0 bridgehead atoms. The number of aliphatic imine (C=N–C) groups is 1. The predicted molar refractivity (Wildman–Crippen MR) is 126 cm³/mol. The molecule has 1 aliphatic carbocycles. The second-order valence-corrected chi connectivity index (χ2v) is 7.48. The molecule has 1 aromatic heterocycles. The third-order valence-electron chi connectivity index (χ3n) is 5.37. The molecule has 6 nitrogen and oxygen atoms in total. The SMILES string of the molecule is CN=C(NCc1cccc(Cn2cncn2)c1)NCC1(c2cccc(F)c2)CC1.I. The van der Waals surface area contributed by atoms with Crippen LogP contribution in [0.1, 0.15) is 29.5 Å². The van der Waals surface area contributed by atoms with Crippen molar-refractivity contribution >= 4 is 29.9 Å². The fourth-order valence-electron chi connectivity index (χ4n) is 3.54. The Labute approximate surface area is 193 Å². The molecule has 158 valence electrons. The number of nitrogens with zero attached hydrogens (tertiary/aromatic N) is 4. The number of rotatable bonds is 7. The minimum Gasteiger partial charge on any atom is -0.356 e. The Morgan fingerprint density at radius 1 is 1.13 bits per heavy atom. The first-order valence-corrected chi connectivity index (χ1v) is 9.78. The molecule has 8 heteroatoms. The number of halogens is 2. The Bertz CT molecular complexity index is 985. The third-order valence-corrected chi connectivity index (χ3v) is 5.37. The maximum atomic E-state index is 13.6. The second kappa shape index (κ2) is 10.0. The summed E-state index contributed by atoms with van der Waals surface area (Å²) in [5, 5.41) is 10.9. The molecule has 1 saturated carbocycles. The van der Waals surface area contributed by atoms with E-state index in [4.69, 9.17) is 0 Å². The first kappa shape index (κ1) is 22.2. The number of aromatic nitrogens is 3. The van der Waals surface area contributed by atoms with E-state index in [1.807, 2.05) is 12.1 Å². The van der Waals surface area contributed by atoms with Gasteiger partial charge in [-0.1, -0.05) is 36.4 Å². The van der Waals surface area contributed by atoms with E-state index in [2.05, 4.69) is 43.9 Å². The summed E-state index contributed by atoms with van der Waals surface area (Å²) in [6, 6.07) is 15.3. The van der Waals surface area contributed by atoms with Crippen LogP contribution >= 0.6 is 24.0 Å². The third kappa shape index (κ3) is 5.56. The van der Waals surface area contributed by atoms with Crippen LogP contribution in [0.5, 0.6) is 0 Å². The van der Waals surface area contributed by atoms with E-state index in [1.165, 1.54) is 18.0 Å². The number of hydrogen-bond acceptors (Lipinski definition) is 3. The molecule has 1 heterocycles. The molecule has 0 unspecified atom stereocenters. The van der Waals surface area contributed by atoms with Crippen molar-refractivity contribution in [2.24, 2.45) is 4.99 Å². The van der Waals surface area contributed by atoms with Crippen LogP contribution < -0.4 is 10.6 Å². The quantitative estimate of drug-likeness (QED) is 0.285. The van der Waals surface area contributed by atoms with Crippen LogP contribution in [-0.4, -0.2) is 34.3 Å². The fraction of sp³-hybridized carbons (Fsp3) is 0.318. The smallest absolute Gasteiger partial charge is 0.191 e. The molecule has 0 radical (unpaired) electrons. The number of hydrogen-bond donors (Lipinski definition) is 2. The molecule has 0 amide bonds. The normalized spacial score (nSPS) is 14.7. The maximum absolute atomic E-state index is 13.6. The van der Waals surface area contributed by atoms with E-state index < -0.39 is 0 Å². The van der Waals surface area contributed by atoms with Crippen LogP contribution in [0.2, 0.25) is 0 Å². The molecule has 30 heavy (non-hydrogen) atoms. The van der Waals surface area contributed by atoms with E-state index in [1.54, 1.807) is 30.2 Å². The standard InChI is InChI=1S/C22H25FN6.HI/c1-24-21(27-14-22(8-9-22)19-6-3-7-20(23)11-19)26-12-17-4-2-5-18(10-17)13-29-16-25-15-28-29;/h2-7,10-11,15-16H,8-9,12-14H2,1H3,(H2,24,26,27);1H. The van der Waals surface area contributed by atoms with Crippen LogP contribution in [0.3, 0.4) is 0 Å². The van der Waals surface area contributed by atoms with Crippen molar-refractivity contribution in [1.29, 1.82) is 0 Å². The van der Waals surface area contributed by atoms with Gasteiger partial charge in [-0.2, -0.15) is 5.10 Å². The van der Waals surface area contributed by atoms with Gasteiger partial charge in [-0.05, 0) is 41.7 Å². The zero-order chi connectivity index (χ0) is 20.1. The summed E-state index contributed by atoms with van der Waals surface area (Å²) >= 11 is 0. The topological polar surface area (TPSA) is 67.1 Å². The van der Waals surface area contributed by atoms with Crippen molar-refractivity contribution in [3.8, 4) is 0 Å². The van der Waals surface area contributed by atoms with Gasteiger partial charge in [-0.3, -0.25) is 4.99 Å². The summed E-state index contributed by atoms with van der Waals surface area (Å²) < 4.78 is 15.4. The van der Waals surface area contributed by atoms with Crippen molar-refractivity contribution in [2.45, 2.75) is 31.3 Å². The largest absolute Gasteiger partial charge is 0.356 e. The van der Waals surface area contributed by atoms with Gasteiger partial charge in [0.1, 0.15) is 18.5 Å². The lowest BCUT2D eigenvalue weighted by Gasteiger charge is -2.19. The zero-order valence-electron chi connectivity index (χ0n) is 16.9. The summed E-state index contributed by atoms with van der Waals surface area (Å²) in [5.74, 6) is 0.566. The van der Waals surface area contributed by atoms with Crippen molar-refractivity contribution in [1.82, 2.24) is 25.4 Å². The Hall–Kier alpha value is -2.49. The highest BCUT2D eigenvalue weighted by Gasteiger charge is 2.44. The minimum atomic E-state index is -0.179. The molecule has 0 saturated heterocycles. The van der Waals surface area contributed by atoms with Crippen molar-refractivity contribution in [2.75, 3.05) is 13.6 Å². The van der Waals surface area contributed by atoms with Gasteiger partial charge in [0.2, 0.25) is 0 Å². The number of guanidine groups is 1. The van der Waals surface area contributed by atoms with Gasteiger partial charge in [0.15, 0.2) is 5.96 Å². The van der Waals surface area contributed by atoms with E-state index >= 15 is 0 Å². The van der Waals surface area contributed by atoms with Crippen LogP contribution in [0, 0.1) is 5.82 Å². The van der Waals surface area contributed by atoms with E-state index in [0.717, 1.165) is 36.5 Å². The van der Waals surface area contributed by atoms with E-state index in [-0.39, 0.29) is 35.2 Å². The van der Waals surface area contributed by atoms with Crippen molar-refractivity contribution < 1.29 is 4.39 Å². The summed E-state index contributed by atoms with van der Waals surface area (Å²) in [6.07, 6.45) is 5.37. The molecule has 1 aliphatic rings. The van der Waals surface area contributed by atoms with Gasteiger partial charge in [-0.15, -0.1) is 24.0 Å². The van der Waals surface area contributed by atoms with Crippen LogP contribution in [-0.2, 0) is 18.5 Å². The van der Waals surface area contributed by atoms with Crippen LogP contribution in [0.4, 0.5) is 4.39 Å².